The Morgan fingerprint density at radius 3 is 2.89 bits per heavy atom. The Balaban J connectivity index is 2.05. The first-order valence-electron chi connectivity index (χ1n) is 6.09. The predicted octanol–water partition coefficient (Wildman–Crippen LogP) is 2.14. The van der Waals surface area contributed by atoms with Crippen LogP contribution in [0.5, 0.6) is 5.95 Å². The topological polar surface area (TPSA) is 65.7 Å². The van der Waals surface area contributed by atoms with Gasteiger partial charge in [-0.3, -0.25) is 9.59 Å². The van der Waals surface area contributed by atoms with Gasteiger partial charge in [0.1, 0.15) is 0 Å². The summed E-state index contributed by atoms with van der Waals surface area (Å²) in [5, 5.41) is 0. The molecular weight excluding hydrogens is 236 g/mol. The highest BCUT2D eigenvalue weighted by molar-refractivity contribution is 5.69. The Morgan fingerprint density at radius 1 is 1.33 bits per heavy atom. The Kier molecular flexibility index (Phi) is 6.61. The van der Waals surface area contributed by atoms with Gasteiger partial charge in [0.15, 0.2) is 5.43 Å². The lowest BCUT2D eigenvalue weighted by atomic mass is 10.2. The number of unbranched alkanes of at least 4 members (excludes halogenated alkanes) is 2. The average Bonchev–Trinajstić information content (AvgIpc) is 2.34. The molecule has 0 aliphatic heterocycles. The summed E-state index contributed by atoms with van der Waals surface area (Å²) in [5.41, 5.74) is -0.140. The van der Waals surface area contributed by atoms with Crippen LogP contribution in [0.15, 0.2) is 27.6 Å². The largest absolute Gasteiger partial charge is 0.466 e. The number of rotatable bonds is 8. The van der Waals surface area contributed by atoms with Crippen LogP contribution in [0.25, 0.3) is 0 Å². The van der Waals surface area contributed by atoms with Gasteiger partial charge < -0.3 is 13.9 Å². The molecule has 0 atom stereocenters. The maximum absolute atomic E-state index is 11.0. The summed E-state index contributed by atoms with van der Waals surface area (Å²) < 4.78 is 15.1. The molecule has 5 nitrogen and oxygen atoms in total. The van der Waals surface area contributed by atoms with E-state index < -0.39 is 0 Å². The molecule has 100 valence electrons. The third kappa shape index (κ3) is 6.08. The van der Waals surface area contributed by atoms with Crippen LogP contribution in [0.4, 0.5) is 0 Å². The summed E-state index contributed by atoms with van der Waals surface area (Å²) in [6.45, 7) is 2.68. The van der Waals surface area contributed by atoms with Gasteiger partial charge in [-0.05, 0) is 26.2 Å². The summed E-state index contributed by atoms with van der Waals surface area (Å²) in [4.78, 5) is 22.0. The van der Waals surface area contributed by atoms with E-state index in [0.717, 1.165) is 19.3 Å². The molecule has 18 heavy (non-hydrogen) atoms. The smallest absolute Gasteiger partial charge is 0.305 e. The Labute approximate surface area is 106 Å². The van der Waals surface area contributed by atoms with Gasteiger partial charge >= 0.3 is 5.97 Å². The highest BCUT2D eigenvalue weighted by atomic mass is 16.6. The molecule has 5 heteroatoms. The summed E-state index contributed by atoms with van der Waals surface area (Å²) >= 11 is 0. The minimum absolute atomic E-state index is 0.140. The molecule has 0 aliphatic carbocycles. The van der Waals surface area contributed by atoms with E-state index in [1.165, 1.54) is 18.4 Å². The van der Waals surface area contributed by atoms with Crippen molar-refractivity contribution >= 4 is 5.97 Å². The molecular formula is C13H18O5. The minimum Gasteiger partial charge on any atom is -0.466 e. The fourth-order valence-corrected chi connectivity index (χ4v) is 1.40. The first kappa shape index (κ1) is 14.3. The zero-order valence-electron chi connectivity index (χ0n) is 10.5. The fraction of sp³-hybridized carbons (Fsp3) is 0.538. The molecule has 0 amide bonds. The van der Waals surface area contributed by atoms with Crippen LogP contribution >= 0.6 is 0 Å². The van der Waals surface area contributed by atoms with Crippen molar-refractivity contribution in [2.75, 3.05) is 13.2 Å². The van der Waals surface area contributed by atoms with Gasteiger partial charge in [-0.25, -0.2) is 0 Å². The number of esters is 1. The summed E-state index contributed by atoms with van der Waals surface area (Å²) in [7, 11) is 0. The van der Waals surface area contributed by atoms with Crippen LogP contribution in [-0.4, -0.2) is 19.2 Å². The normalized spacial score (nSPS) is 10.1. The SMILES string of the molecule is CCOC(=O)CCCCCOc1cc(=O)cco1. The molecule has 0 N–H and O–H groups in total. The molecule has 1 rings (SSSR count). The summed E-state index contributed by atoms with van der Waals surface area (Å²) in [6.07, 6.45) is 4.20. The second kappa shape index (κ2) is 8.33. The molecule has 1 aromatic heterocycles. The lowest BCUT2D eigenvalue weighted by Gasteiger charge is -2.04. The maximum Gasteiger partial charge on any atom is 0.305 e. The van der Waals surface area contributed by atoms with Crippen molar-refractivity contribution in [2.24, 2.45) is 0 Å². The molecule has 0 saturated heterocycles. The third-order valence-electron chi connectivity index (χ3n) is 2.25. The molecule has 0 saturated carbocycles. The van der Waals surface area contributed by atoms with E-state index in [4.69, 9.17) is 13.9 Å². The van der Waals surface area contributed by atoms with Crippen molar-refractivity contribution in [3.8, 4) is 5.95 Å². The third-order valence-corrected chi connectivity index (χ3v) is 2.25. The second-order valence-corrected chi connectivity index (χ2v) is 3.75. The number of hydrogen-bond donors (Lipinski definition) is 0. The standard InChI is InChI=1S/C13H18O5/c1-2-16-12(15)6-4-3-5-8-17-13-10-11(14)7-9-18-13/h7,9-10H,2-6,8H2,1H3. The monoisotopic (exact) mass is 254 g/mol. The average molecular weight is 254 g/mol. The predicted molar refractivity (Wildman–Crippen MR) is 65.6 cm³/mol. The van der Waals surface area contributed by atoms with E-state index in [0.29, 0.717) is 19.6 Å². The maximum atomic E-state index is 11.0. The van der Waals surface area contributed by atoms with Crippen molar-refractivity contribution in [2.45, 2.75) is 32.6 Å². The van der Waals surface area contributed by atoms with Gasteiger partial charge in [0, 0.05) is 12.5 Å². The first-order chi connectivity index (χ1) is 8.72. The number of hydrogen-bond acceptors (Lipinski definition) is 5. The van der Waals surface area contributed by atoms with Crippen molar-refractivity contribution in [3.05, 3.63) is 28.6 Å². The lowest BCUT2D eigenvalue weighted by molar-refractivity contribution is -0.143. The van der Waals surface area contributed by atoms with E-state index >= 15 is 0 Å². The van der Waals surface area contributed by atoms with E-state index in [9.17, 15) is 9.59 Å². The van der Waals surface area contributed by atoms with Crippen molar-refractivity contribution in [1.29, 1.82) is 0 Å². The van der Waals surface area contributed by atoms with E-state index in [-0.39, 0.29) is 17.3 Å². The zero-order chi connectivity index (χ0) is 13.2. The summed E-state index contributed by atoms with van der Waals surface area (Å²) in [6, 6.07) is 2.63. The molecule has 0 radical (unpaired) electrons. The van der Waals surface area contributed by atoms with Gasteiger partial charge in [-0.2, -0.15) is 0 Å². The highest BCUT2D eigenvalue weighted by Crippen LogP contribution is 2.07. The van der Waals surface area contributed by atoms with Crippen molar-refractivity contribution in [1.82, 2.24) is 0 Å². The van der Waals surface area contributed by atoms with Crippen LogP contribution in [0.2, 0.25) is 0 Å². The summed E-state index contributed by atoms with van der Waals surface area (Å²) in [5.74, 6) is 0.0698. The Hall–Kier alpha value is -1.78. The molecule has 0 unspecified atom stereocenters. The van der Waals surface area contributed by atoms with Gasteiger partial charge in [-0.15, -0.1) is 0 Å². The van der Waals surface area contributed by atoms with Crippen molar-refractivity contribution < 1.29 is 18.7 Å². The number of ether oxygens (including phenoxy) is 2. The van der Waals surface area contributed by atoms with E-state index in [1.807, 2.05) is 0 Å². The number of carbonyl (C=O) groups excluding carboxylic acids is 1. The highest BCUT2D eigenvalue weighted by Gasteiger charge is 2.01. The van der Waals surface area contributed by atoms with Crippen LogP contribution in [0, 0.1) is 0 Å². The number of carbonyl (C=O) groups is 1. The first-order valence-corrected chi connectivity index (χ1v) is 6.09. The van der Waals surface area contributed by atoms with Crippen molar-refractivity contribution in [3.63, 3.8) is 0 Å². The van der Waals surface area contributed by atoms with Gasteiger partial charge in [0.05, 0.1) is 25.5 Å². The molecule has 0 spiro atoms. The minimum atomic E-state index is -0.160. The molecule has 1 aromatic rings. The molecule has 0 fully saturated rings. The van der Waals surface area contributed by atoms with Crippen LogP contribution in [0.1, 0.15) is 32.6 Å². The zero-order valence-corrected chi connectivity index (χ0v) is 10.5. The van der Waals surface area contributed by atoms with Gasteiger partial charge in [-0.1, -0.05) is 0 Å². The second-order valence-electron chi connectivity index (χ2n) is 3.75. The van der Waals surface area contributed by atoms with Crippen LogP contribution < -0.4 is 10.2 Å². The van der Waals surface area contributed by atoms with Crippen LogP contribution in [-0.2, 0) is 9.53 Å². The quantitative estimate of drug-likeness (QED) is 0.525. The molecule has 1 heterocycles. The molecule has 0 bridgehead atoms. The lowest BCUT2D eigenvalue weighted by Crippen LogP contribution is -2.04. The van der Waals surface area contributed by atoms with Gasteiger partial charge in [0.2, 0.25) is 0 Å². The van der Waals surface area contributed by atoms with E-state index in [2.05, 4.69) is 0 Å². The fourth-order valence-electron chi connectivity index (χ4n) is 1.40. The van der Waals surface area contributed by atoms with E-state index in [1.54, 1.807) is 6.92 Å². The van der Waals surface area contributed by atoms with Crippen LogP contribution in [0.3, 0.4) is 0 Å². The van der Waals surface area contributed by atoms with Gasteiger partial charge in [0.25, 0.3) is 5.95 Å². The Morgan fingerprint density at radius 2 is 2.17 bits per heavy atom. The molecule has 0 aliphatic rings. The molecule has 0 aromatic carbocycles. The Bertz CT molecular complexity index is 410.